The highest BCUT2D eigenvalue weighted by Gasteiger charge is 2.20. The summed E-state index contributed by atoms with van der Waals surface area (Å²) < 4.78 is 5.22. The van der Waals surface area contributed by atoms with Crippen molar-refractivity contribution in [1.29, 1.82) is 0 Å². The second-order valence-corrected chi connectivity index (χ2v) is 5.41. The Balaban J connectivity index is 1.73. The van der Waals surface area contributed by atoms with E-state index in [1.807, 2.05) is 12.1 Å². The molecule has 0 aromatic carbocycles. The summed E-state index contributed by atoms with van der Waals surface area (Å²) in [5.74, 6) is 0.659. The van der Waals surface area contributed by atoms with Crippen LogP contribution in [-0.4, -0.2) is 42.2 Å². The Bertz CT molecular complexity index is 332. The Labute approximate surface area is 109 Å². The predicted octanol–water partition coefficient (Wildman–Crippen LogP) is 1.78. The van der Waals surface area contributed by atoms with Crippen molar-refractivity contribution in [1.82, 2.24) is 10.2 Å². The molecular formula is C14H24N2O2. The van der Waals surface area contributed by atoms with Crippen molar-refractivity contribution in [2.75, 3.05) is 20.1 Å². The Morgan fingerprint density at radius 2 is 2.22 bits per heavy atom. The largest absolute Gasteiger partial charge is 0.467 e. The predicted molar refractivity (Wildman–Crippen MR) is 71.4 cm³/mol. The molecule has 1 aromatic heterocycles. The van der Waals surface area contributed by atoms with E-state index in [2.05, 4.69) is 24.2 Å². The molecular weight excluding hydrogens is 228 g/mol. The summed E-state index contributed by atoms with van der Waals surface area (Å²) in [5, 5.41) is 13.6. The second-order valence-electron chi connectivity index (χ2n) is 5.41. The number of hydrogen-bond donors (Lipinski definition) is 2. The minimum Gasteiger partial charge on any atom is -0.467 e. The van der Waals surface area contributed by atoms with Crippen LogP contribution < -0.4 is 5.32 Å². The highest BCUT2D eigenvalue weighted by atomic mass is 16.4. The van der Waals surface area contributed by atoms with Crippen molar-refractivity contribution >= 4 is 0 Å². The van der Waals surface area contributed by atoms with Crippen molar-refractivity contribution in [3.63, 3.8) is 0 Å². The van der Waals surface area contributed by atoms with Gasteiger partial charge in [-0.1, -0.05) is 0 Å². The van der Waals surface area contributed by atoms with E-state index in [0.29, 0.717) is 24.3 Å². The Morgan fingerprint density at radius 1 is 1.50 bits per heavy atom. The number of rotatable bonds is 5. The number of aliphatic hydroxyl groups excluding tert-OH is 1. The second kappa shape index (κ2) is 6.36. The molecule has 2 heterocycles. The summed E-state index contributed by atoms with van der Waals surface area (Å²) >= 11 is 0. The summed E-state index contributed by atoms with van der Waals surface area (Å²) in [4.78, 5) is 2.36. The van der Waals surface area contributed by atoms with Crippen LogP contribution >= 0.6 is 0 Å². The molecule has 2 N–H and O–H groups in total. The third-order valence-electron chi connectivity index (χ3n) is 3.69. The van der Waals surface area contributed by atoms with Crippen LogP contribution in [0.25, 0.3) is 0 Å². The topological polar surface area (TPSA) is 48.6 Å². The van der Waals surface area contributed by atoms with Gasteiger partial charge in [-0.2, -0.15) is 0 Å². The van der Waals surface area contributed by atoms with Gasteiger partial charge in [-0.3, -0.25) is 0 Å². The SMILES string of the molecule is CC(CC(O)c1ccco1)NC1CCN(C)CC1. The van der Waals surface area contributed by atoms with Crippen LogP contribution in [0.4, 0.5) is 0 Å². The van der Waals surface area contributed by atoms with Crippen molar-refractivity contribution in [3.8, 4) is 0 Å². The fraction of sp³-hybridized carbons (Fsp3) is 0.714. The van der Waals surface area contributed by atoms with Crippen LogP contribution in [0, 0.1) is 0 Å². The third-order valence-corrected chi connectivity index (χ3v) is 3.69. The van der Waals surface area contributed by atoms with Gasteiger partial charge in [-0.05, 0) is 58.5 Å². The van der Waals surface area contributed by atoms with Crippen LogP contribution in [0.15, 0.2) is 22.8 Å². The summed E-state index contributed by atoms with van der Waals surface area (Å²) in [6, 6.07) is 4.53. The molecule has 1 aromatic rings. The van der Waals surface area contributed by atoms with Crippen LogP contribution in [0.3, 0.4) is 0 Å². The molecule has 0 bridgehead atoms. The normalized spacial score (nSPS) is 21.9. The molecule has 1 aliphatic rings. The third kappa shape index (κ3) is 3.83. The zero-order valence-electron chi connectivity index (χ0n) is 11.3. The molecule has 1 aliphatic heterocycles. The number of likely N-dealkylation sites (tertiary alicyclic amines) is 1. The van der Waals surface area contributed by atoms with E-state index in [1.165, 1.54) is 12.8 Å². The first-order valence-electron chi connectivity index (χ1n) is 6.81. The number of furan rings is 1. The molecule has 2 atom stereocenters. The molecule has 0 amide bonds. The van der Waals surface area contributed by atoms with E-state index >= 15 is 0 Å². The van der Waals surface area contributed by atoms with Crippen molar-refractivity contribution in [2.24, 2.45) is 0 Å². The lowest BCUT2D eigenvalue weighted by molar-refractivity contribution is 0.123. The maximum absolute atomic E-state index is 10.0. The van der Waals surface area contributed by atoms with Crippen LogP contribution in [0.5, 0.6) is 0 Å². The quantitative estimate of drug-likeness (QED) is 0.838. The minimum atomic E-state index is -0.506. The van der Waals surface area contributed by atoms with Gasteiger partial charge < -0.3 is 19.7 Å². The van der Waals surface area contributed by atoms with Gasteiger partial charge in [0.15, 0.2) is 0 Å². The Kier molecular flexibility index (Phi) is 4.80. The van der Waals surface area contributed by atoms with Gasteiger partial charge in [0.1, 0.15) is 11.9 Å². The van der Waals surface area contributed by atoms with E-state index in [-0.39, 0.29) is 0 Å². The number of aliphatic hydroxyl groups is 1. The zero-order valence-corrected chi connectivity index (χ0v) is 11.3. The Hall–Kier alpha value is -0.840. The van der Waals surface area contributed by atoms with Gasteiger partial charge in [-0.25, -0.2) is 0 Å². The van der Waals surface area contributed by atoms with Crippen LogP contribution in [0.2, 0.25) is 0 Å². The standard InChI is InChI=1S/C14H24N2O2/c1-11(10-13(17)14-4-3-9-18-14)15-12-5-7-16(2)8-6-12/h3-4,9,11-13,15,17H,5-8,10H2,1-2H3. The molecule has 2 unspecified atom stereocenters. The number of nitrogens with one attached hydrogen (secondary N) is 1. The van der Waals surface area contributed by atoms with Crippen molar-refractivity contribution in [2.45, 2.75) is 44.4 Å². The summed E-state index contributed by atoms with van der Waals surface area (Å²) in [7, 11) is 2.17. The molecule has 4 heteroatoms. The summed E-state index contributed by atoms with van der Waals surface area (Å²) in [6.45, 7) is 4.45. The first-order chi connectivity index (χ1) is 8.65. The highest BCUT2D eigenvalue weighted by Crippen LogP contribution is 2.19. The fourth-order valence-corrected chi connectivity index (χ4v) is 2.58. The lowest BCUT2D eigenvalue weighted by atomic mass is 10.0. The molecule has 102 valence electrons. The average molecular weight is 252 g/mol. The minimum absolute atomic E-state index is 0.304. The van der Waals surface area contributed by atoms with Gasteiger partial charge in [0.05, 0.1) is 6.26 Å². The van der Waals surface area contributed by atoms with Crippen LogP contribution in [-0.2, 0) is 0 Å². The van der Waals surface area contributed by atoms with E-state index in [4.69, 9.17) is 4.42 Å². The van der Waals surface area contributed by atoms with E-state index in [0.717, 1.165) is 13.1 Å². The van der Waals surface area contributed by atoms with Gasteiger partial charge in [-0.15, -0.1) is 0 Å². The molecule has 2 rings (SSSR count). The number of piperidine rings is 1. The monoisotopic (exact) mass is 252 g/mol. The molecule has 0 saturated carbocycles. The van der Waals surface area contributed by atoms with E-state index in [9.17, 15) is 5.11 Å². The average Bonchev–Trinajstić information content (AvgIpc) is 2.85. The summed E-state index contributed by atoms with van der Waals surface area (Å²) in [5.41, 5.74) is 0. The van der Waals surface area contributed by atoms with Gasteiger partial charge in [0.25, 0.3) is 0 Å². The first-order valence-corrected chi connectivity index (χ1v) is 6.81. The number of hydrogen-bond acceptors (Lipinski definition) is 4. The van der Waals surface area contributed by atoms with Gasteiger partial charge >= 0.3 is 0 Å². The molecule has 0 aliphatic carbocycles. The maximum atomic E-state index is 10.0. The lowest BCUT2D eigenvalue weighted by Crippen LogP contribution is -2.44. The molecule has 1 saturated heterocycles. The zero-order chi connectivity index (χ0) is 13.0. The van der Waals surface area contributed by atoms with E-state index < -0.39 is 6.10 Å². The van der Waals surface area contributed by atoms with Crippen LogP contribution in [0.1, 0.15) is 38.1 Å². The first kappa shape index (κ1) is 13.6. The molecule has 0 radical (unpaired) electrons. The molecule has 18 heavy (non-hydrogen) atoms. The molecule has 0 spiro atoms. The van der Waals surface area contributed by atoms with Crippen molar-refractivity contribution in [3.05, 3.63) is 24.2 Å². The molecule has 4 nitrogen and oxygen atoms in total. The Morgan fingerprint density at radius 3 is 2.83 bits per heavy atom. The highest BCUT2D eigenvalue weighted by molar-refractivity contribution is 5.02. The lowest BCUT2D eigenvalue weighted by Gasteiger charge is -2.32. The maximum Gasteiger partial charge on any atom is 0.132 e. The number of nitrogens with zero attached hydrogens (tertiary/aromatic N) is 1. The summed E-state index contributed by atoms with van der Waals surface area (Å²) in [6.07, 6.45) is 4.18. The van der Waals surface area contributed by atoms with Gasteiger partial charge in [0, 0.05) is 12.1 Å². The van der Waals surface area contributed by atoms with E-state index in [1.54, 1.807) is 6.26 Å². The fourth-order valence-electron chi connectivity index (χ4n) is 2.58. The van der Waals surface area contributed by atoms with Gasteiger partial charge in [0.2, 0.25) is 0 Å². The molecule has 1 fully saturated rings. The van der Waals surface area contributed by atoms with Crippen molar-refractivity contribution < 1.29 is 9.52 Å². The smallest absolute Gasteiger partial charge is 0.132 e.